The third-order valence-electron chi connectivity index (χ3n) is 9.67. The highest BCUT2D eigenvalue weighted by Crippen LogP contribution is 2.34. The molecule has 0 spiro atoms. The van der Waals surface area contributed by atoms with Crippen molar-refractivity contribution in [2.75, 3.05) is 14.2 Å². The Morgan fingerprint density at radius 1 is 0.673 bits per heavy atom. The molecule has 0 aliphatic carbocycles. The standard InChI is InChI=1S/2C21H20ClN3O2.CH4/c1-4-13-9-14-5-7-16(10-17(14)24-20(13)26)21(2,12-23)11-15-6-8-18(27-3)25-19(15)22;1-4-13-9-14-5-7-16(10-17(14)24-19(13)26)21(2,12-23)11-15-6-8-18(22)25-20(15)27-3;/h2*5-10H,4,11H2,1-3H3,(H,24,26);1H4. The molecule has 0 aliphatic rings. The van der Waals surface area contributed by atoms with Gasteiger partial charge in [0.1, 0.15) is 10.3 Å². The van der Waals surface area contributed by atoms with E-state index in [1.807, 2.05) is 88.4 Å². The largest absolute Gasteiger partial charge is 0.481 e. The van der Waals surface area contributed by atoms with Crippen LogP contribution in [-0.4, -0.2) is 34.2 Å². The highest BCUT2D eigenvalue weighted by atomic mass is 35.5. The number of fused-ring (bicyclic) bond motifs is 2. The van der Waals surface area contributed by atoms with Gasteiger partial charge in [0.05, 0.1) is 37.2 Å². The number of halogens is 2. The van der Waals surface area contributed by atoms with E-state index in [-0.39, 0.29) is 18.5 Å². The van der Waals surface area contributed by atoms with Gasteiger partial charge >= 0.3 is 0 Å². The number of nitrogens with zero attached hydrogens (tertiary/aromatic N) is 4. The number of hydrogen-bond donors (Lipinski definition) is 2. The van der Waals surface area contributed by atoms with Crippen LogP contribution in [0.1, 0.15) is 68.5 Å². The fourth-order valence-electron chi connectivity index (χ4n) is 6.33. The van der Waals surface area contributed by atoms with Crippen LogP contribution in [0.25, 0.3) is 21.8 Å². The van der Waals surface area contributed by atoms with E-state index in [1.54, 1.807) is 12.1 Å². The third kappa shape index (κ3) is 9.17. The van der Waals surface area contributed by atoms with Gasteiger partial charge in [-0.2, -0.15) is 10.5 Å². The molecule has 4 aromatic heterocycles. The minimum atomic E-state index is -0.825. The van der Waals surface area contributed by atoms with E-state index < -0.39 is 10.8 Å². The molecule has 0 bridgehead atoms. The molecule has 0 aliphatic heterocycles. The van der Waals surface area contributed by atoms with Crippen molar-refractivity contribution in [1.29, 1.82) is 10.5 Å². The lowest BCUT2D eigenvalue weighted by Gasteiger charge is -2.23. The first-order valence-corrected chi connectivity index (χ1v) is 18.1. The van der Waals surface area contributed by atoms with E-state index in [9.17, 15) is 20.1 Å². The highest BCUT2D eigenvalue weighted by Gasteiger charge is 2.30. The van der Waals surface area contributed by atoms with Crippen molar-refractivity contribution in [2.45, 2.75) is 71.6 Å². The molecule has 0 radical (unpaired) electrons. The number of aromatic amines is 2. The molecule has 2 atom stereocenters. The summed E-state index contributed by atoms with van der Waals surface area (Å²) < 4.78 is 10.4. The lowest BCUT2D eigenvalue weighted by molar-refractivity contribution is 0.389. The molecular formula is C43H44Cl2N6O4. The zero-order chi connectivity index (χ0) is 39.2. The van der Waals surface area contributed by atoms with E-state index in [0.717, 1.165) is 55.2 Å². The molecule has 6 rings (SSSR count). The second-order valence-electron chi connectivity index (χ2n) is 13.4. The minimum absolute atomic E-state index is 0. The van der Waals surface area contributed by atoms with Crippen molar-refractivity contribution in [1.82, 2.24) is 19.9 Å². The van der Waals surface area contributed by atoms with Gasteiger partial charge in [-0.05, 0) is 90.9 Å². The molecular weight excluding hydrogens is 735 g/mol. The number of rotatable bonds is 10. The summed E-state index contributed by atoms with van der Waals surface area (Å²) >= 11 is 12.2. The third-order valence-corrected chi connectivity index (χ3v) is 10.2. The maximum Gasteiger partial charge on any atom is 0.251 e. The van der Waals surface area contributed by atoms with Crippen molar-refractivity contribution in [3.8, 4) is 23.9 Å². The zero-order valence-electron chi connectivity index (χ0n) is 30.9. The Hall–Kier alpha value is -5.68. The topological polar surface area (TPSA) is 158 Å². The number of ether oxygens (including phenoxy) is 2. The summed E-state index contributed by atoms with van der Waals surface area (Å²) in [5, 5.41) is 22.4. The number of aromatic nitrogens is 4. The van der Waals surface area contributed by atoms with Gasteiger partial charge in [-0.1, -0.05) is 80.9 Å². The number of aryl methyl sites for hydroxylation is 2. The molecule has 0 saturated carbocycles. The highest BCUT2D eigenvalue weighted by molar-refractivity contribution is 6.30. The Bertz CT molecular complexity index is 2560. The van der Waals surface area contributed by atoms with Crippen LogP contribution >= 0.6 is 23.2 Å². The Labute approximate surface area is 330 Å². The van der Waals surface area contributed by atoms with E-state index >= 15 is 0 Å². The quantitative estimate of drug-likeness (QED) is 0.131. The van der Waals surface area contributed by atoms with Crippen molar-refractivity contribution in [3.05, 3.63) is 137 Å². The molecule has 2 unspecified atom stereocenters. The molecule has 0 amide bonds. The Kier molecular flexibility index (Phi) is 13.5. The monoisotopic (exact) mass is 778 g/mol. The van der Waals surface area contributed by atoms with Crippen molar-refractivity contribution < 1.29 is 9.47 Å². The number of nitrogens with one attached hydrogen (secondary N) is 2. The average Bonchev–Trinajstić information content (AvgIpc) is 3.18. The first kappa shape index (κ1) is 42.1. The molecule has 4 heterocycles. The summed E-state index contributed by atoms with van der Waals surface area (Å²) in [6, 6.07) is 27.1. The van der Waals surface area contributed by atoms with Gasteiger partial charge in [0.25, 0.3) is 11.1 Å². The van der Waals surface area contributed by atoms with Gasteiger partial charge in [0.2, 0.25) is 11.8 Å². The first-order valence-electron chi connectivity index (χ1n) is 17.3. The van der Waals surface area contributed by atoms with E-state index in [1.165, 1.54) is 14.2 Å². The number of nitriles is 2. The molecule has 12 heteroatoms. The first-order chi connectivity index (χ1) is 25.8. The van der Waals surface area contributed by atoms with Crippen molar-refractivity contribution in [2.24, 2.45) is 0 Å². The molecule has 6 aromatic rings. The van der Waals surface area contributed by atoms with Crippen LogP contribution in [0.2, 0.25) is 10.3 Å². The summed E-state index contributed by atoms with van der Waals surface area (Å²) in [4.78, 5) is 38.5. The van der Waals surface area contributed by atoms with Gasteiger partial charge in [-0.15, -0.1) is 0 Å². The van der Waals surface area contributed by atoms with Crippen LogP contribution < -0.4 is 20.6 Å². The zero-order valence-corrected chi connectivity index (χ0v) is 32.4. The van der Waals surface area contributed by atoms with Gasteiger partial charge in [0, 0.05) is 40.2 Å². The summed E-state index contributed by atoms with van der Waals surface area (Å²) in [6.45, 7) is 7.61. The predicted molar refractivity (Wildman–Crippen MR) is 220 cm³/mol. The fraction of sp³-hybridized carbons (Fsp3) is 0.302. The van der Waals surface area contributed by atoms with E-state index in [0.29, 0.717) is 47.7 Å². The van der Waals surface area contributed by atoms with E-state index in [4.69, 9.17) is 32.7 Å². The number of H-pyrrole nitrogens is 2. The molecule has 0 fully saturated rings. The molecule has 0 saturated heterocycles. The summed E-state index contributed by atoms with van der Waals surface area (Å²) in [5.74, 6) is 0.836. The van der Waals surface area contributed by atoms with Crippen molar-refractivity contribution >= 4 is 45.0 Å². The maximum atomic E-state index is 12.1. The minimum Gasteiger partial charge on any atom is -0.481 e. The SMILES string of the molecule is C.CCc1cc2ccc(C(C)(C#N)Cc3ccc(Cl)nc3OC)cc2[nH]c1=O.CCc1cc2ccc(C(C)(C#N)Cc3ccc(OC)nc3Cl)cc2[nH]c1=O. The number of benzene rings is 2. The molecule has 55 heavy (non-hydrogen) atoms. The maximum absolute atomic E-state index is 12.1. The van der Waals surface area contributed by atoms with Crippen LogP contribution in [-0.2, 0) is 36.5 Å². The summed E-state index contributed by atoms with van der Waals surface area (Å²) in [5.41, 5.74) is 4.27. The van der Waals surface area contributed by atoms with Crippen LogP contribution in [0.4, 0.5) is 0 Å². The van der Waals surface area contributed by atoms with Crippen molar-refractivity contribution in [3.63, 3.8) is 0 Å². The van der Waals surface area contributed by atoms with E-state index in [2.05, 4.69) is 32.1 Å². The number of hydrogen-bond acceptors (Lipinski definition) is 8. The number of pyridine rings is 4. The van der Waals surface area contributed by atoms with Gasteiger partial charge in [0.15, 0.2) is 0 Å². The Balaban J connectivity index is 0.000000240. The average molecular weight is 780 g/mol. The van der Waals surface area contributed by atoms with Crippen LogP contribution in [0.15, 0.2) is 82.4 Å². The smallest absolute Gasteiger partial charge is 0.251 e. The van der Waals surface area contributed by atoms with Crippen LogP contribution in [0.3, 0.4) is 0 Å². The Morgan fingerprint density at radius 2 is 1.16 bits per heavy atom. The van der Waals surface area contributed by atoms with Gasteiger partial charge in [-0.3, -0.25) is 9.59 Å². The molecule has 2 N–H and O–H groups in total. The fourth-order valence-corrected chi connectivity index (χ4v) is 6.68. The summed E-state index contributed by atoms with van der Waals surface area (Å²) in [7, 11) is 3.05. The Morgan fingerprint density at radius 3 is 1.60 bits per heavy atom. The summed E-state index contributed by atoms with van der Waals surface area (Å²) in [6.07, 6.45) is 2.14. The lowest BCUT2D eigenvalue weighted by atomic mass is 9.78. The second-order valence-corrected chi connectivity index (χ2v) is 14.2. The normalized spacial score (nSPS) is 12.9. The molecule has 284 valence electrons. The number of methoxy groups -OCH3 is 2. The van der Waals surface area contributed by atoms with Gasteiger partial charge in [-0.25, -0.2) is 9.97 Å². The van der Waals surface area contributed by atoms with Gasteiger partial charge < -0.3 is 19.4 Å². The second kappa shape index (κ2) is 17.6. The van der Waals surface area contributed by atoms with Crippen LogP contribution in [0.5, 0.6) is 11.8 Å². The van der Waals surface area contributed by atoms with Crippen LogP contribution in [0, 0.1) is 22.7 Å². The lowest BCUT2D eigenvalue weighted by Crippen LogP contribution is -2.23. The predicted octanol–water partition coefficient (Wildman–Crippen LogP) is 8.98. The molecule has 2 aromatic carbocycles. The molecule has 10 nitrogen and oxygen atoms in total.